The summed E-state index contributed by atoms with van der Waals surface area (Å²) in [6, 6.07) is -0.419. The van der Waals surface area contributed by atoms with Crippen molar-refractivity contribution in [1.82, 2.24) is 14.5 Å². The van der Waals surface area contributed by atoms with Crippen LogP contribution in [0.15, 0.2) is 12.5 Å². The Kier molecular flexibility index (Phi) is 3.60. The number of likely N-dealkylation sites (N-methyl/N-ethyl adjacent to an activating group) is 1. The molecule has 0 saturated carbocycles. The summed E-state index contributed by atoms with van der Waals surface area (Å²) in [6.07, 6.45) is 4.64. The molecule has 1 aromatic heterocycles. The van der Waals surface area contributed by atoms with Gasteiger partial charge < -0.3 is 9.47 Å². The summed E-state index contributed by atoms with van der Waals surface area (Å²) in [5.41, 5.74) is 0.811. The number of carbonyl (C=O) groups is 2. The van der Waals surface area contributed by atoms with Crippen LogP contribution in [0, 0.1) is 0 Å². The largest absolute Gasteiger partial charge is 0.340 e. The summed E-state index contributed by atoms with van der Waals surface area (Å²) in [5.74, 6) is -0.0322. The molecule has 0 radical (unpaired) electrons. The molecule has 1 heterocycles. The van der Waals surface area contributed by atoms with Crippen molar-refractivity contribution in [3.8, 4) is 0 Å². The molecule has 1 rings (SSSR count). The average molecular weight is 209 g/mol. The molecule has 0 N–H and O–H groups in total. The molecule has 0 bridgehead atoms. The summed E-state index contributed by atoms with van der Waals surface area (Å²) < 4.78 is 1.81. The first kappa shape index (κ1) is 11.4. The van der Waals surface area contributed by atoms with Crippen LogP contribution < -0.4 is 0 Å². The second kappa shape index (κ2) is 4.72. The van der Waals surface area contributed by atoms with Crippen LogP contribution in [0.5, 0.6) is 0 Å². The maximum atomic E-state index is 11.3. The Morgan fingerprint density at radius 1 is 1.73 bits per heavy atom. The fraction of sp³-hybridized carbons (Fsp3) is 0.500. The molecule has 82 valence electrons. The molecule has 0 aliphatic carbocycles. The van der Waals surface area contributed by atoms with Crippen molar-refractivity contribution in [1.29, 1.82) is 0 Å². The van der Waals surface area contributed by atoms with Gasteiger partial charge in [0.2, 0.25) is 6.41 Å². The van der Waals surface area contributed by atoms with E-state index in [9.17, 15) is 9.59 Å². The van der Waals surface area contributed by atoms with Gasteiger partial charge in [-0.3, -0.25) is 9.59 Å². The molecule has 0 aliphatic heterocycles. The molecule has 15 heavy (non-hydrogen) atoms. The molecule has 0 aromatic carbocycles. The minimum absolute atomic E-state index is 0.0322. The third-order valence-electron chi connectivity index (χ3n) is 2.29. The summed E-state index contributed by atoms with van der Waals surface area (Å²) in [7, 11) is 3.46. The van der Waals surface area contributed by atoms with Gasteiger partial charge in [-0.05, 0) is 6.92 Å². The Morgan fingerprint density at radius 3 is 2.80 bits per heavy atom. The second-order valence-corrected chi connectivity index (χ2v) is 3.63. The lowest BCUT2D eigenvalue weighted by atomic mass is 10.1. The van der Waals surface area contributed by atoms with E-state index in [0.717, 1.165) is 5.69 Å². The lowest BCUT2D eigenvalue weighted by molar-refractivity contribution is -0.128. The van der Waals surface area contributed by atoms with Crippen LogP contribution in [0.2, 0.25) is 0 Å². The monoisotopic (exact) mass is 209 g/mol. The highest BCUT2D eigenvalue weighted by molar-refractivity contribution is 5.83. The smallest absolute Gasteiger partial charge is 0.210 e. The number of Topliss-reactive ketones (excluding diaryl/α,β-unsaturated/α-hetero) is 1. The van der Waals surface area contributed by atoms with Gasteiger partial charge in [-0.2, -0.15) is 0 Å². The summed E-state index contributed by atoms with van der Waals surface area (Å²) in [6.45, 7) is 1.48. The van der Waals surface area contributed by atoms with Crippen LogP contribution >= 0.6 is 0 Å². The van der Waals surface area contributed by atoms with Crippen LogP contribution in [-0.2, 0) is 23.1 Å². The zero-order valence-electron chi connectivity index (χ0n) is 9.17. The fourth-order valence-corrected chi connectivity index (χ4v) is 1.42. The molecule has 5 nitrogen and oxygen atoms in total. The van der Waals surface area contributed by atoms with Crippen LogP contribution in [0.25, 0.3) is 0 Å². The number of ketones is 1. The van der Waals surface area contributed by atoms with E-state index in [-0.39, 0.29) is 5.78 Å². The Balaban J connectivity index is 2.75. The lowest BCUT2D eigenvalue weighted by Gasteiger charge is -2.20. The number of aromatic nitrogens is 2. The van der Waals surface area contributed by atoms with Crippen molar-refractivity contribution in [2.24, 2.45) is 7.05 Å². The number of hydrogen-bond donors (Lipinski definition) is 0. The molecule has 1 aromatic rings. The predicted octanol–water partition coefficient (Wildman–Crippen LogP) is 0.00840. The number of rotatable bonds is 5. The zero-order valence-corrected chi connectivity index (χ0v) is 9.17. The highest BCUT2D eigenvalue weighted by atomic mass is 16.1. The predicted molar refractivity (Wildman–Crippen MR) is 55.2 cm³/mol. The number of carbonyl (C=O) groups excluding carboxylic acids is 2. The third-order valence-corrected chi connectivity index (χ3v) is 2.29. The first-order valence-corrected chi connectivity index (χ1v) is 4.69. The fourth-order valence-electron chi connectivity index (χ4n) is 1.42. The van der Waals surface area contributed by atoms with Crippen molar-refractivity contribution in [3.63, 3.8) is 0 Å². The van der Waals surface area contributed by atoms with Crippen LogP contribution in [0.1, 0.15) is 12.6 Å². The van der Waals surface area contributed by atoms with Crippen LogP contribution in [0.3, 0.4) is 0 Å². The van der Waals surface area contributed by atoms with Gasteiger partial charge in [0.25, 0.3) is 0 Å². The van der Waals surface area contributed by atoms with Crippen LogP contribution in [0.4, 0.5) is 0 Å². The van der Waals surface area contributed by atoms with E-state index < -0.39 is 6.04 Å². The van der Waals surface area contributed by atoms with Gasteiger partial charge in [-0.15, -0.1) is 0 Å². The van der Waals surface area contributed by atoms with Crippen molar-refractivity contribution in [2.75, 3.05) is 7.05 Å². The number of imidazole rings is 1. The normalized spacial score (nSPS) is 12.2. The topological polar surface area (TPSA) is 55.2 Å². The average Bonchev–Trinajstić information content (AvgIpc) is 2.59. The van der Waals surface area contributed by atoms with E-state index in [1.54, 1.807) is 13.4 Å². The van der Waals surface area contributed by atoms with E-state index in [0.29, 0.717) is 12.8 Å². The summed E-state index contributed by atoms with van der Waals surface area (Å²) in [5, 5.41) is 0. The standard InChI is InChI=1S/C10H15N3O2/c1-8(15)10(13(3)7-14)4-9-5-12(2)6-11-9/h5-7,10H,4H2,1-3H3/t10-/m0/s1. The summed E-state index contributed by atoms with van der Waals surface area (Å²) in [4.78, 5) is 27.4. The molecule has 0 aliphatic rings. The number of amides is 1. The van der Waals surface area contributed by atoms with E-state index in [2.05, 4.69) is 4.98 Å². The molecular formula is C10H15N3O2. The van der Waals surface area contributed by atoms with Crippen LogP contribution in [-0.4, -0.2) is 39.7 Å². The molecule has 0 spiro atoms. The van der Waals surface area contributed by atoms with E-state index >= 15 is 0 Å². The maximum Gasteiger partial charge on any atom is 0.210 e. The first-order chi connectivity index (χ1) is 7.04. The van der Waals surface area contributed by atoms with Crippen molar-refractivity contribution >= 4 is 12.2 Å². The van der Waals surface area contributed by atoms with Crippen molar-refractivity contribution in [3.05, 3.63) is 18.2 Å². The Labute approximate surface area is 88.7 Å². The molecule has 1 amide bonds. The Hall–Kier alpha value is -1.65. The van der Waals surface area contributed by atoms with Crippen molar-refractivity contribution < 1.29 is 9.59 Å². The lowest BCUT2D eigenvalue weighted by Crippen LogP contribution is -2.38. The number of nitrogens with zero attached hydrogens (tertiary/aromatic N) is 3. The van der Waals surface area contributed by atoms with E-state index in [4.69, 9.17) is 0 Å². The second-order valence-electron chi connectivity index (χ2n) is 3.63. The Bertz CT molecular complexity index is 359. The van der Waals surface area contributed by atoms with Gasteiger partial charge in [-0.1, -0.05) is 0 Å². The molecule has 0 fully saturated rings. The highest BCUT2D eigenvalue weighted by Gasteiger charge is 2.19. The van der Waals surface area contributed by atoms with Gasteiger partial charge in [0.1, 0.15) is 0 Å². The SMILES string of the molecule is CC(=O)[C@H](Cc1cn(C)cn1)N(C)C=O. The molecule has 5 heteroatoms. The molecule has 0 saturated heterocycles. The molecule has 1 atom stereocenters. The van der Waals surface area contributed by atoms with Gasteiger partial charge >= 0.3 is 0 Å². The van der Waals surface area contributed by atoms with Gasteiger partial charge in [-0.25, -0.2) is 4.98 Å². The molecular weight excluding hydrogens is 194 g/mol. The van der Waals surface area contributed by atoms with Gasteiger partial charge in [0.05, 0.1) is 18.1 Å². The third kappa shape index (κ3) is 2.90. The minimum atomic E-state index is -0.419. The molecule has 0 unspecified atom stereocenters. The Morgan fingerprint density at radius 2 is 2.40 bits per heavy atom. The highest BCUT2D eigenvalue weighted by Crippen LogP contribution is 2.05. The van der Waals surface area contributed by atoms with Crippen molar-refractivity contribution in [2.45, 2.75) is 19.4 Å². The van der Waals surface area contributed by atoms with Gasteiger partial charge in [0.15, 0.2) is 5.78 Å². The van der Waals surface area contributed by atoms with Gasteiger partial charge in [0, 0.05) is 26.7 Å². The maximum absolute atomic E-state index is 11.3. The first-order valence-electron chi connectivity index (χ1n) is 4.69. The quantitative estimate of drug-likeness (QED) is 0.642. The van der Waals surface area contributed by atoms with E-state index in [1.165, 1.54) is 11.8 Å². The zero-order chi connectivity index (χ0) is 11.4. The number of aryl methyl sites for hydroxylation is 1. The summed E-state index contributed by atoms with van der Waals surface area (Å²) >= 11 is 0. The minimum Gasteiger partial charge on any atom is -0.340 e. The van der Waals surface area contributed by atoms with E-state index in [1.807, 2.05) is 17.8 Å². The number of hydrogen-bond acceptors (Lipinski definition) is 3.